The van der Waals surface area contributed by atoms with E-state index in [0.29, 0.717) is 36.2 Å². The molecule has 2 heterocycles. The normalized spacial score (nSPS) is 20.5. The summed E-state index contributed by atoms with van der Waals surface area (Å²) in [5.74, 6) is 1.03. The van der Waals surface area contributed by atoms with Gasteiger partial charge in [-0.1, -0.05) is 26.0 Å². The number of benzene rings is 2. The fourth-order valence-electron chi connectivity index (χ4n) is 4.48. The summed E-state index contributed by atoms with van der Waals surface area (Å²) in [6.45, 7) is 6.45. The van der Waals surface area contributed by atoms with Crippen LogP contribution in [0.15, 0.2) is 47.5 Å². The third-order valence-electron chi connectivity index (χ3n) is 6.09. The lowest BCUT2D eigenvalue weighted by molar-refractivity contribution is 0.124. The number of phenols is 1. The molecule has 2 atom stereocenters. The molecule has 2 N–H and O–H groups in total. The lowest BCUT2D eigenvalue weighted by atomic mass is 10.0. The van der Waals surface area contributed by atoms with Gasteiger partial charge >= 0.3 is 6.09 Å². The van der Waals surface area contributed by atoms with Crippen LogP contribution in [-0.2, 0) is 4.74 Å². The van der Waals surface area contributed by atoms with Crippen LogP contribution < -0.4 is 5.32 Å². The number of alkyl carbamates (subject to hydrolysis) is 1. The number of hydrogen-bond acceptors (Lipinski definition) is 6. The highest BCUT2D eigenvalue weighted by Gasteiger charge is 2.37. The SMILES string of the molecule is CC(C)COC(=O)NC[C@@H]1CCN(C2c3cc(F)ccc3N=C(c3ccccc3O)N2C)C1. The number of nitrogens with zero attached hydrogens (tertiary/aromatic N) is 3. The summed E-state index contributed by atoms with van der Waals surface area (Å²) >= 11 is 0. The van der Waals surface area contributed by atoms with Gasteiger partial charge in [-0.3, -0.25) is 4.90 Å². The number of phenolic OH excluding ortho intramolecular Hbond substituents is 1. The Hall–Kier alpha value is -3.13. The third-order valence-corrected chi connectivity index (χ3v) is 6.09. The van der Waals surface area contributed by atoms with E-state index in [2.05, 4.69) is 10.2 Å². The Bertz CT molecular complexity index is 1040. The zero-order valence-corrected chi connectivity index (χ0v) is 19.3. The number of rotatable bonds is 6. The number of hydrogen-bond donors (Lipinski definition) is 2. The van der Waals surface area contributed by atoms with E-state index >= 15 is 0 Å². The van der Waals surface area contributed by atoms with Crippen LogP contribution in [0.1, 0.15) is 37.6 Å². The van der Waals surface area contributed by atoms with Crippen LogP contribution in [0.25, 0.3) is 0 Å². The number of para-hydroxylation sites is 1. The van der Waals surface area contributed by atoms with Crippen LogP contribution in [0.5, 0.6) is 5.75 Å². The Kier molecular flexibility index (Phi) is 6.83. The number of fused-ring (bicyclic) bond motifs is 1. The van der Waals surface area contributed by atoms with Crippen LogP contribution in [-0.4, -0.2) is 60.1 Å². The predicted octanol–water partition coefficient (Wildman–Crippen LogP) is 4.26. The van der Waals surface area contributed by atoms with E-state index in [4.69, 9.17) is 9.73 Å². The van der Waals surface area contributed by atoms with Gasteiger partial charge in [0.1, 0.15) is 23.6 Å². The van der Waals surface area contributed by atoms with Crippen molar-refractivity contribution in [3.63, 3.8) is 0 Å². The number of halogens is 1. The number of aromatic hydroxyl groups is 1. The molecular weight excluding hydrogens is 423 g/mol. The fourth-order valence-corrected chi connectivity index (χ4v) is 4.48. The highest BCUT2D eigenvalue weighted by Crippen LogP contribution is 2.40. The number of carbonyl (C=O) groups excluding carboxylic acids is 1. The quantitative estimate of drug-likeness (QED) is 0.682. The van der Waals surface area contributed by atoms with Gasteiger partial charge in [-0.25, -0.2) is 14.2 Å². The summed E-state index contributed by atoms with van der Waals surface area (Å²) in [6, 6.07) is 11.7. The van der Waals surface area contributed by atoms with E-state index in [-0.39, 0.29) is 23.7 Å². The third kappa shape index (κ3) is 5.11. The van der Waals surface area contributed by atoms with Crippen molar-refractivity contribution in [3.8, 4) is 5.75 Å². The molecule has 8 heteroatoms. The Morgan fingerprint density at radius 1 is 1.30 bits per heavy atom. The molecule has 2 aliphatic heterocycles. The van der Waals surface area contributed by atoms with Crippen LogP contribution in [0.2, 0.25) is 0 Å². The second-order valence-corrected chi connectivity index (χ2v) is 9.16. The molecular formula is C25H31FN4O3. The summed E-state index contributed by atoms with van der Waals surface area (Å²) in [7, 11) is 1.92. The largest absolute Gasteiger partial charge is 0.507 e. The maximum atomic E-state index is 14.2. The van der Waals surface area contributed by atoms with Crippen molar-refractivity contribution in [2.24, 2.45) is 16.8 Å². The Balaban J connectivity index is 1.53. The minimum absolute atomic E-state index is 0.149. The number of ether oxygens (including phenoxy) is 1. The smallest absolute Gasteiger partial charge is 0.407 e. The molecule has 0 aromatic heterocycles. The van der Waals surface area contributed by atoms with Crippen LogP contribution in [0, 0.1) is 17.7 Å². The minimum atomic E-state index is -0.390. The van der Waals surface area contributed by atoms with Crippen LogP contribution >= 0.6 is 0 Å². The molecule has 2 aromatic carbocycles. The first-order chi connectivity index (χ1) is 15.8. The molecule has 2 aliphatic rings. The first-order valence-corrected chi connectivity index (χ1v) is 11.4. The topological polar surface area (TPSA) is 77.4 Å². The standard InChI is InChI=1S/C25H31FN4O3/c1-16(2)15-33-25(32)27-13-17-10-11-30(14-17)24-20-12-18(26)8-9-21(20)28-23(29(24)3)19-6-4-5-7-22(19)31/h4-9,12,16-17,24,31H,10-11,13-15H2,1-3H3,(H,27,32)/t17-,24?/m0/s1. The summed E-state index contributed by atoms with van der Waals surface area (Å²) in [5, 5.41) is 13.3. The lowest BCUT2D eigenvalue weighted by Gasteiger charge is -2.41. The Morgan fingerprint density at radius 3 is 2.85 bits per heavy atom. The molecule has 0 spiro atoms. The van der Waals surface area contributed by atoms with Crippen LogP contribution in [0.3, 0.4) is 0 Å². The number of amidine groups is 1. The number of likely N-dealkylation sites (tertiary alicyclic amines) is 1. The number of aliphatic imine (C=N–C) groups is 1. The molecule has 1 unspecified atom stereocenters. The Morgan fingerprint density at radius 2 is 2.09 bits per heavy atom. The van der Waals surface area contributed by atoms with Crippen LogP contribution in [0.4, 0.5) is 14.9 Å². The van der Waals surface area contributed by atoms with E-state index in [1.54, 1.807) is 18.2 Å². The highest BCUT2D eigenvalue weighted by molar-refractivity contribution is 6.03. The van der Waals surface area contributed by atoms with Gasteiger partial charge in [0.2, 0.25) is 0 Å². The fraction of sp³-hybridized carbons (Fsp3) is 0.440. The monoisotopic (exact) mass is 454 g/mol. The molecule has 2 aromatic rings. The summed E-state index contributed by atoms with van der Waals surface area (Å²) in [4.78, 5) is 21.0. The van der Waals surface area contributed by atoms with Gasteiger partial charge < -0.3 is 20.1 Å². The zero-order chi connectivity index (χ0) is 23.5. The number of nitrogens with one attached hydrogen (secondary N) is 1. The second kappa shape index (κ2) is 9.79. The first-order valence-electron chi connectivity index (χ1n) is 11.4. The molecule has 0 saturated carbocycles. The van der Waals surface area contributed by atoms with Gasteiger partial charge in [0.05, 0.1) is 17.9 Å². The molecule has 0 radical (unpaired) electrons. The molecule has 176 valence electrons. The molecule has 7 nitrogen and oxygen atoms in total. The van der Waals surface area contributed by atoms with Crippen molar-refractivity contribution < 1.29 is 19.0 Å². The van der Waals surface area contributed by atoms with Crippen molar-refractivity contribution in [1.82, 2.24) is 15.1 Å². The number of amides is 1. The van der Waals surface area contributed by atoms with Crippen molar-refractivity contribution in [3.05, 3.63) is 59.4 Å². The van der Waals surface area contributed by atoms with Gasteiger partial charge in [-0.15, -0.1) is 0 Å². The van der Waals surface area contributed by atoms with E-state index in [1.165, 1.54) is 12.1 Å². The van der Waals surface area contributed by atoms with E-state index in [1.807, 2.05) is 37.9 Å². The number of carbonyl (C=O) groups is 1. The molecule has 1 saturated heterocycles. The second-order valence-electron chi connectivity index (χ2n) is 9.16. The summed E-state index contributed by atoms with van der Waals surface area (Å²) in [5.41, 5.74) is 2.11. The van der Waals surface area contributed by atoms with Crippen molar-refractivity contribution >= 4 is 17.6 Å². The van der Waals surface area contributed by atoms with E-state index in [0.717, 1.165) is 25.1 Å². The average molecular weight is 455 g/mol. The molecule has 1 fully saturated rings. The highest BCUT2D eigenvalue weighted by atomic mass is 19.1. The molecule has 0 bridgehead atoms. The van der Waals surface area contributed by atoms with Crippen molar-refractivity contribution in [2.45, 2.75) is 26.4 Å². The Labute approximate surface area is 193 Å². The van der Waals surface area contributed by atoms with E-state index in [9.17, 15) is 14.3 Å². The van der Waals surface area contributed by atoms with Gasteiger partial charge in [0.15, 0.2) is 0 Å². The van der Waals surface area contributed by atoms with Gasteiger partial charge in [0, 0.05) is 32.2 Å². The van der Waals surface area contributed by atoms with Gasteiger partial charge in [-0.2, -0.15) is 0 Å². The van der Waals surface area contributed by atoms with Crippen molar-refractivity contribution in [1.29, 1.82) is 0 Å². The molecule has 1 amide bonds. The van der Waals surface area contributed by atoms with E-state index < -0.39 is 6.09 Å². The van der Waals surface area contributed by atoms with Crippen molar-refractivity contribution in [2.75, 3.05) is 33.3 Å². The minimum Gasteiger partial charge on any atom is -0.507 e. The van der Waals surface area contributed by atoms with Gasteiger partial charge in [-0.05, 0) is 48.6 Å². The molecule has 33 heavy (non-hydrogen) atoms. The first kappa shape index (κ1) is 23.0. The maximum absolute atomic E-state index is 14.2. The lowest BCUT2D eigenvalue weighted by Crippen LogP contribution is -2.44. The summed E-state index contributed by atoms with van der Waals surface area (Å²) < 4.78 is 19.4. The molecule has 4 rings (SSSR count). The average Bonchev–Trinajstić information content (AvgIpc) is 3.25. The summed E-state index contributed by atoms with van der Waals surface area (Å²) in [6.07, 6.45) is 0.279. The van der Waals surface area contributed by atoms with Gasteiger partial charge in [0.25, 0.3) is 0 Å². The zero-order valence-electron chi connectivity index (χ0n) is 19.3. The molecule has 0 aliphatic carbocycles. The maximum Gasteiger partial charge on any atom is 0.407 e. The predicted molar refractivity (Wildman–Crippen MR) is 125 cm³/mol.